The molecule has 318 valence electrons. The fourth-order valence-electron chi connectivity index (χ4n) is 9.72. The Kier molecular flexibility index (Phi) is 10.4. The Morgan fingerprint density at radius 3 is 1.81 bits per heavy atom. The molecule has 1 atom stereocenters. The quantitative estimate of drug-likeness (QED) is 0.135. The van der Waals surface area contributed by atoms with Crippen molar-refractivity contribution in [2.24, 2.45) is 0 Å². The summed E-state index contributed by atoms with van der Waals surface area (Å²) in [6.45, 7) is 0. The summed E-state index contributed by atoms with van der Waals surface area (Å²) in [6, 6.07) is 72.9. The van der Waals surface area contributed by atoms with Gasteiger partial charge >= 0.3 is 0 Å². The van der Waals surface area contributed by atoms with Crippen LogP contribution < -0.4 is 0 Å². The smallest absolute Gasteiger partial charge is 0.181 e. The van der Waals surface area contributed by atoms with Crippen LogP contribution in [0.2, 0.25) is 0 Å². The highest BCUT2D eigenvalue weighted by Crippen LogP contribution is 2.41. The largest absolute Gasteiger partial charge is 0.309 e. The third kappa shape index (κ3) is 7.79. The summed E-state index contributed by atoms with van der Waals surface area (Å²) < 4.78 is 2.38. The van der Waals surface area contributed by atoms with Gasteiger partial charge in [-0.1, -0.05) is 164 Å². The number of para-hydroxylation sites is 1. The molecule has 0 saturated carbocycles. The minimum Gasteiger partial charge on any atom is -0.309 e. The zero-order valence-corrected chi connectivity index (χ0v) is 36.7. The van der Waals surface area contributed by atoms with Crippen molar-refractivity contribution in [1.82, 2.24) is 29.5 Å². The molecular formula is C61H44N6. The van der Waals surface area contributed by atoms with E-state index in [-0.39, 0.29) is 0 Å². The predicted molar refractivity (Wildman–Crippen MR) is 274 cm³/mol. The summed E-state index contributed by atoms with van der Waals surface area (Å²) in [4.78, 5) is 25.2. The lowest BCUT2D eigenvalue weighted by Gasteiger charge is -2.20. The van der Waals surface area contributed by atoms with Crippen LogP contribution in [-0.2, 0) is 0 Å². The summed E-state index contributed by atoms with van der Waals surface area (Å²) >= 11 is 0. The Morgan fingerprint density at radius 1 is 0.403 bits per heavy atom. The van der Waals surface area contributed by atoms with E-state index in [4.69, 9.17) is 24.9 Å². The van der Waals surface area contributed by atoms with Crippen LogP contribution in [0.1, 0.15) is 30.7 Å². The topological polar surface area (TPSA) is 69.4 Å². The van der Waals surface area contributed by atoms with Crippen LogP contribution in [0.15, 0.2) is 225 Å². The zero-order chi connectivity index (χ0) is 44.5. The maximum absolute atomic E-state index is 5.25. The predicted octanol–water partition coefficient (Wildman–Crippen LogP) is 15.3. The molecule has 12 rings (SSSR count). The van der Waals surface area contributed by atoms with Gasteiger partial charge in [-0.05, 0) is 119 Å². The van der Waals surface area contributed by atoms with Gasteiger partial charge in [-0.15, -0.1) is 0 Å². The number of allylic oxidation sites excluding steroid dienone is 2. The molecule has 0 aliphatic heterocycles. The van der Waals surface area contributed by atoms with Crippen LogP contribution in [0.5, 0.6) is 0 Å². The fourth-order valence-corrected chi connectivity index (χ4v) is 9.72. The number of hydrogen-bond donors (Lipinski definition) is 0. The first-order chi connectivity index (χ1) is 33.2. The molecule has 1 aliphatic rings. The average Bonchev–Trinajstić information content (AvgIpc) is 3.76. The lowest BCUT2D eigenvalue weighted by molar-refractivity contribution is 0.617. The van der Waals surface area contributed by atoms with Crippen molar-refractivity contribution in [3.05, 3.63) is 230 Å². The summed E-state index contributed by atoms with van der Waals surface area (Å²) in [5.41, 5.74) is 15.8. The first-order valence-corrected chi connectivity index (χ1v) is 23.0. The molecule has 67 heavy (non-hydrogen) atoms. The Hall–Kier alpha value is -8.61. The lowest BCUT2D eigenvalue weighted by atomic mass is 9.85. The van der Waals surface area contributed by atoms with Crippen LogP contribution in [0, 0.1) is 0 Å². The highest BCUT2D eigenvalue weighted by molar-refractivity contribution is 6.16. The van der Waals surface area contributed by atoms with Gasteiger partial charge in [0.1, 0.15) is 12.0 Å². The fraction of sp³-hybridized carbons (Fsp3) is 0.0656. The van der Waals surface area contributed by atoms with Gasteiger partial charge in [0.2, 0.25) is 0 Å². The second-order valence-electron chi connectivity index (χ2n) is 17.2. The molecule has 0 radical (unpaired) electrons. The second-order valence-corrected chi connectivity index (χ2v) is 17.2. The monoisotopic (exact) mass is 860 g/mol. The number of fused-ring (bicyclic) bond motifs is 3. The summed E-state index contributed by atoms with van der Waals surface area (Å²) in [7, 11) is 0. The normalized spacial score (nSPS) is 13.6. The van der Waals surface area contributed by atoms with Crippen LogP contribution >= 0.6 is 0 Å². The molecule has 0 N–H and O–H groups in total. The van der Waals surface area contributed by atoms with Gasteiger partial charge < -0.3 is 4.57 Å². The van der Waals surface area contributed by atoms with Gasteiger partial charge in [-0.25, -0.2) is 24.9 Å². The van der Waals surface area contributed by atoms with Crippen molar-refractivity contribution in [2.45, 2.75) is 25.2 Å². The third-order valence-corrected chi connectivity index (χ3v) is 13.0. The molecule has 1 aliphatic carbocycles. The number of rotatable bonds is 9. The number of nitrogens with zero attached hydrogens (tertiary/aromatic N) is 6. The molecule has 0 fully saturated rings. The number of hydrogen-bond acceptors (Lipinski definition) is 5. The first kappa shape index (κ1) is 39.9. The van der Waals surface area contributed by atoms with Crippen molar-refractivity contribution < 1.29 is 0 Å². The van der Waals surface area contributed by atoms with Crippen LogP contribution in [0.4, 0.5) is 0 Å². The van der Waals surface area contributed by atoms with Gasteiger partial charge in [0.15, 0.2) is 17.5 Å². The maximum Gasteiger partial charge on any atom is 0.181 e. The van der Waals surface area contributed by atoms with E-state index < -0.39 is 0 Å². The van der Waals surface area contributed by atoms with Gasteiger partial charge in [0, 0.05) is 33.2 Å². The summed E-state index contributed by atoms with van der Waals surface area (Å²) in [6.07, 6.45) is 9.43. The van der Waals surface area contributed by atoms with Gasteiger partial charge in [0.25, 0.3) is 0 Å². The average molecular weight is 861 g/mol. The van der Waals surface area contributed by atoms with E-state index in [9.17, 15) is 0 Å². The molecular weight excluding hydrogens is 817 g/mol. The Labute approximate surface area is 389 Å². The van der Waals surface area contributed by atoms with E-state index in [1.165, 1.54) is 27.5 Å². The van der Waals surface area contributed by atoms with E-state index in [1.807, 2.05) is 24.3 Å². The van der Waals surface area contributed by atoms with Crippen molar-refractivity contribution in [1.29, 1.82) is 0 Å². The third-order valence-electron chi connectivity index (χ3n) is 13.0. The standard InChI is InChI=1S/C61H44N6/c1-6-18-41(19-7-1)45-32-33-56-53(38-45)58-52(30-17-31-57(58)67(56)51-28-14-5-15-29-51)46-26-16-27-47(34-46)60-64-54(44-24-12-4-13-25-44)39-55(65-60)61-63-40-62-59(66-61)50-36-48(42-20-8-2-9-21-42)35-49(37-50)43-22-10-3-11-23-43/h1-10,12-21,24-40,43H,11,22-23H2. The molecule has 3 aromatic heterocycles. The SMILES string of the molecule is C1=CCC(c2cc(-c3ccccc3)cc(-c3ncnc(-c4cc(-c5ccccc5)nc(-c5cccc(-c6cccc7c6c6cc(-c8ccccc8)ccc6n7-c6ccccc6)c5)n4)n3)c2)CC1. The van der Waals surface area contributed by atoms with Crippen molar-refractivity contribution in [2.75, 3.05) is 0 Å². The van der Waals surface area contributed by atoms with E-state index in [2.05, 4.69) is 199 Å². The summed E-state index contributed by atoms with van der Waals surface area (Å²) in [5, 5.41) is 2.38. The molecule has 6 nitrogen and oxygen atoms in total. The minimum atomic E-state index is 0.434. The molecule has 0 spiro atoms. The Bertz CT molecular complexity index is 3600. The van der Waals surface area contributed by atoms with Gasteiger partial charge in [-0.2, -0.15) is 0 Å². The van der Waals surface area contributed by atoms with Crippen molar-refractivity contribution in [3.63, 3.8) is 0 Å². The lowest BCUT2D eigenvalue weighted by Crippen LogP contribution is -2.03. The van der Waals surface area contributed by atoms with Crippen LogP contribution in [0.3, 0.4) is 0 Å². The second kappa shape index (κ2) is 17.4. The molecule has 6 heteroatoms. The van der Waals surface area contributed by atoms with Crippen LogP contribution in [0.25, 0.3) is 106 Å². The highest BCUT2D eigenvalue weighted by Gasteiger charge is 2.21. The Balaban J connectivity index is 0.994. The van der Waals surface area contributed by atoms with E-state index in [0.29, 0.717) is 29.1 Å². The number of aromatic nitrogens is 6. The summed E-state index contributed by atoms with van der Waals surface area (Å²) in [5.74, 6) is 2.12. The van der Waals surface area contributed by atoms with E-state index >= 15 is 0 Å². The minimum absolute atomic E-state index is 0.434. The van der Waals surface area contributed by atoms with Crippen molar-refractivity contribution >= 4 is 21.8 Å². The Morgan fingerprint density at radius 2 is 1.04 bits per heavy atom. The van der Waals surface area contributed by atoms with E-state index in [1.54, 1.807) is 6.33 Å². The van der Waals surface area contributed by atoms with E-state index in [0.717, 1.165) is 80.6 Å². The van der Waals surface area contributed by atoms with Gasteiger partial charge in [0.05, 0.1) is 16.7 Å². The van der Waals surface area contributed by atoms with Gasteiger partial charge in [-0.3, -0.25) is 0 Å². The molecule has 0 saturated heterocycles. The zero-order valence-electron chi connectivity index (χ0n) is 36.7. The molecule has 0 amide bonds. The number of benzene rings is 8. The highest BCUT2D eigenvalue weighted by atomic mass is 15.0. The molecule has 0 bridgehead atoms. The maximum atomic E-state index is 5.25. The molecule has 8 aromatic carbocycles. The van der Waals surface area contributed by atoms with Crippen LogP contribution in [-0.4, -0.2) is 29.5 Å². The molecule has 1 unspecified atom stereocenters. The molecule has 11 aromatic rings. The first-order valence-electron chi connectivity index (χ1n) is 23.0. The molecule has 3 heterocycles. The van der Waals surface area contributed by atoms with Crippen molar-refractivity contribution in [3.8, 4) is 84.6 Å².